The van der Waals surface area contributed by atoms with E-state index in [0.29, 0.717) is 6.04 Å². The number of aryl methyl sites for hydroxylation is 1. The molecule has 2 heteroatoms. The van der Waals surface area contributed by atoms with Gasteiger partial charge in [0.05, 0.1) is 6.04 Å². The van der Waals surface area contributed by atoms with Crippen LogP contribution in [0.5, 0.6) is 0 Å². The van der Waals surface area contributed by atoms with E-state index in [1.54, 1.807) is 0 Å². The highest BCUT2D eigenvalue weighted by Crippen LogP contribution is 2.28. The second-order valence-corrected chi connectivity index (χ2v) is 5.51. The van der Waals surface area contributed by atoms with Gasteiger partial charge in [-0.25, -0.2) is 0 Å². The molecule has 0 spiro atoms. The average Bonchev–Trinajstić information content (AvgIpc) is 2.92. The van der Waals surface area contributed by atoms with E-state index in [-0.39, 0.29) is 0 Å². The molecule has 1 N–H and O–H groups in total. The van der Waals surface area contributed by atoms with Gasteiger partial charge in [-0.05, 0) is 35.9 Å². The van der Waals surface area contributed by atoms with Crippen LogP contribution in [0.15, 0.2) is 41.8 Å². The third-order valence-corrected chi connectivity index (χ3v) is 4.15. The van der Waals surface area contributed by atoms with E-state index in [1.165, 1.54) is 22.5 Å². The second-order valence-electron chi connectivity index (χ2n) is 4.53. The lowest BCUT2D eigenvalue weighted by molar-refractivity contribution is 0.760. The molecule has 1 heterocycles. The Balaban J connectivity index is 2.17. The van der Waals surface area contributed by atoms with Gasteiger partial charge in [-0.3, -0.25) is 0 Å². The molecule has 0 amide bonds. The molecule has 2 rings (SSSR count). The molecule has 0 radical (unpaired) electrons. The van der Waals surface area contributed by atoms with Crippen LogP contribution >= 0.6 is 11.3 Å². The van der Waals surface area contributed by atoms with Crippen molar-refractivity contribution in [1.29, 1.82) is 0 Å². The number of nitrogens with one attached hydrogen (secondary N) is 1. The van der Waals surface area contributed by atoms with Crippen LogP contribution in [0.2, 0.25) is 0 Å². The fourth-order valence-corrected chi connectivity index (χ4v) is 3.06. The Morgan fingerprint density at radius 1 is 1.11 bits per heavy atom. The highest BCUT2D eigenvalue weighted by Gasteiger charge is 2.11. The fourth-order valence-electron chi connectivity index (χ4n) is 2.20. The minimum absolute atomic E-state index is 0.433. The molecule has 0 aliphatic heterocycles. The summed E-state index contributed by atoms with van der Waals surface area (Å²) < 4.78 is 0. The quantitative estimate of drug-likeness (QED) is 0.745. The van der Waals surface area contributed by atoms with Crippen LogP contribution in [0, 0.1) is 0 Å². The van der Waals surface area contributed by atoms with Crippen LogP contribution < -0.4 is 5.32 Å². The van der Waals surface area contributed by atoms with Gasteiger partial charge in [-0.2, -0.15) is 0 Å². The van der Waals surface area contributed by atoms with Crippen molar-refractivity contribution in [1.82, 2.24) is 0 Å². The smallest absolute Gasteiger partial charge is 0.0604 e. The normalized spacial score (nSPS) is 12.3. The number of rotatable bonds is 6. The van der Waals surface area contributed by atoms with Gasteiger partial charge in [0, 0.05) is 10.6 Å². The van der Waals surface area contributed by atoms with Gasteiger partial charge in [-0.1, -0.05) is 44.5 Å². The van der Waals surface area contributed by atoms with Crippen molar-refractivity contribution in [3.8, 4) is 0 Å². The first-order valence-electron chi connectivity index (χ1n) is 6.73. The summed E-state index contributed by atoms with van der Waals surface area (Å²) in [6.45, 7) is 4.47. The van der Waals surface area contributed by atoms with Gasteiger partial charge in [0.2, 0.25) is 0 Å². The minimum atomic E-state index is 0.433. The molecular weight excluding hydrogens is 238 g/mol. The molecule has 2 aromatic rings. The lowest BCUT2D eigenvalue weighted by Gasteiger charge is -2.19. The Kier molecular flexibility index (Phi) is 4.82. The van der Waals surface area contributed by atoms with Crippen LogP contribution in [-0.4, -0.2) is 0 Å². The van der Waals surface area contributed by atoms with Gasteiger partial charge in [0.15, 0.2) is 0 Å². The summed E-state index contributed by atoms with van der Waals surface area (Å²) in [7, 11) is 0. The third-order valence-electron chi connectivity index (χ3n) is 3.16. The molecule has 0 bridgehead atoms. The molecule has 18 heavy (non-hydrogen) atoms. The van der Waals surface area contributed by atoms with Gasteiger partial charge in [0.25, 0.3) is 0 Å². The SMILES string of the molecule is CCCc1ccccc1NC(CC)c1cccs1. The molecule has 0 saturated heterocycles. The maximum Gasteiger partial charge on any atom is 0.0604 e. The van der Waals surface area contributed by atoms with Crippen molar-refractivity contribution in [3.05, 3.63) is 52.2 Å². The Labute approximate surface area is 114 Å². The zero-order valence-electron chi connectivity index (χ0n) is 11.1. The maximum atomic E-state index is 3.69. The lowest BCUT2D eigenvalue weighted by atomic mass is 10.1. The largest absolute Gasteiger partial charge is 0.377 e. The van der Waals surface area contributed by atoms with E-state index in [0.717, 1.165) is 12.8 Å². The lowest BCUT2D eigenvalue weighted by Crippen LogP contribution is -2.09. The van der Waals surface area contributed by atoms with Crippen molar-refractivity contribution in [2.24, 2.45) is 0 Å². The first-order valence-corrected chi connectivity index (χ1v) is 7.61. The predicted molar refractivity (Wildman–Crippen MR) is 81.4 cm³/mol. The van der Waals surface area contributed by atoms with Crippen LogP contribution in [0.3, 0.4) is 0 Å². The van der Waals surface area contributed by atoms with Crippen LogP contribution in [-0.2, 0) is 6.42 Å². The van der Waals surface area contributed by atoms with E-state index in [9.17, 15) is 0 Å². The van der Waals surface area contributed by atoms with E-state index >= 15 is 0 Å². The fraction of sp³-hybridized carbons (Fsp3) is 0.375. The van der Waals surface area contributed by atoms with E-state index in [1.807, 2.05) is 11.3 Å². The Morgan fingerprint density at radius 2 is 1.94 bits per heavy atom. The van der Waals surface area contributed by atoms with Gasteiger partial charge < -0.3 is 5.32 Å². The van der Waals surface area contributed by atoms with Crippen molar-refractivity contribution in [3.63, 3.8) is 0 Å². The summed E-state index contributed by atoms with van der Waals surface area (Å²) in [5, 5.41) is 5.85. The van der Waals surface area contributed by atoms with E-state index in [2.05, 4.69) is 60.9 Å². The molecule has 1 aromatic heterocycles. The highest BCUT2D eigenvalue weighted by molar-refractivity contribution is 7.10. The number of benzene rings is 1. The number of hydrogen-bond acceptors (Lipinski definition) is 2. The van der Waals surface area contributed by atoms with Crippen LogP contribution in [0.1, 0.15) is 43.2 Å². The second kappa shape index (κ2) is 6.60. The molecular formula is C16H21NS. The Hall–Kier alpha value is -1.28. The number of para-hydroxylation sites is 1. The zero-order chi connectivity index (χ0) is 12.8. The van der Waals surface area contributed by atoms with Gasteiger partial charge in [0.1, 0.15) is 0 Å². The first-order chi connectivity index (χ1) is 8.85. The molecule has 1 nitrogen and oxygen atoms in total. The molecule has 0 aliphatic rings. The maximum absolute atomic E-state index is 3.69. The van der Waals surface area contributed by atoms with E-state index in [4.69, 9.17) is 0 Å². The standard InChI is InChI=1S/C16H21NS/c1-3-8-13-9-5-6-10-15(13)17-14(4-2)16-11-7-12-18-16/h5-7,9-12,14,17H,3-4,8H2,1-2H3. The zero-order valence-corrected chi connectivity index (χ0v) is 12.0. The van der Waals surface area contributed by atoms with E-state index < -0.39 is 0 Å². The van der Waals surface area contributed by atoms with Crippen molar-refractivity contribution in [2.75, 3.05) is 5.32 Å². The molecule has 1 atom stereocenters. The third kappa shape index (κ3) is 3.14. The van der Waals surface area contributed by atoms with Crippen molar-refractivity contribution in [2.45, 2.75) is 39.2 Å². The van der Waals surface area contributed by atoms with Crippen LogP contribution in [0.25, 0.3) is 0 Å². The Morgan fingerprint density at radius 3 is 2.61 bits per heavy atom. The molecule has 0 saturated carbocycles. The number of hydrogen-bond donors (Lipinski definition) is 1. The summed E-state index contributed by atoms with van der Waals surface area (Å²) in [5.41, 5.74) is 2.72. The summed E-state index contributed by atoms with van der Waals surface area (Å²) in [4.78, 5) is 1.42. The van der Waals surface area contributed by atoms with Gasteiger partial charge >= 0.3 is 0 Å². The molecule has 0 fully saturated rings. The van der Waals surface area contributed by atoms with Crippen molar-refractivity contribution >= 4 is 17.0 Å². The molecule has 96 valence electrons. The molecule has 0 aliphatic carbocycles. The number of anilines is 1. The van der Waals surface area contributed by atoms with Gasteiger partial charge in [-0.15, -0.1) is 11.3 Å². The summed E-state index contributed by atoms with van der Waals surface area (Å²) >= 11 is 1.83. The first kappa shape index (κ1) is 13.2. The molecule has 1 aromatic carbocycles. The van der Waals surface area contributed by atoms with Crippen LogP contribution in [0.4, 0.5) is 5.69 Å². The molecule has 1 unspecified atom stereocenters. The summed E-state index contributed by atoms with van der Waals surface area (Å²) in [6, 6.07) is 13.4. The summed E-state index contributed by atoms with van der Waals surface area (Å²) in [5.74, 6) is 0. The highest BCUT2D eigenvalue weighted by atomic mass is 32.1. The average molecular weight is 259 g/mol. The topological polar surface area (TPSA) is 12.0 Å². The summed E-state index contributed by atoms with van der Waals surface area (Å²) in [6.07, 6.45) is 3.44. The van der Waals surface area contributed by atoms with Crippen molar-refractivity contribution < 1.29 is 0 Å². The number of thiophene rings is 1. The Bertz CT molecular complexity index is 462. The predicted octanol–water partition coefficient (Wildman–Crippen LogP) is 5.26. The minimum Gasteiger partial charge on any atom is -0.377 e. The monoisotopic (exact) mass is 259 g/mol.